The molecule has 7 nitrogen and oxygen atoms in total. The molecule has 0 radical (unpaired) electrons. The Kier molecular flexibility index (Phi) is 8.94. The van der Waals surface area contributed by atoms with E-state index < -0.39 is 30.6 Å². The number of nitrogens with two attached hydrogens (primary N) is 1. The molecule has 0 unspecified atom stereocenters. The van der Waals surface area contributed by atoms with Crippen LogP contribution in [0.5, 0.6) is 0 Å². The number of hydrogen-bond acceptors (Lipinski definition) is 5. The molecule has 0 amide bonds. The molecule has 0 rings (SSSR count). The van der Waals surface area contributed by atoms with E-state index in [1.807, 2.05) is 0 Å². The van der Waals surface area contributed by atoms with E-state index in [4.69, 9.17) is 15.9 Å². The molecule has 4 N–H and O–H groups in total. The van der Waals surface area contributed by atoms with Crippen molar-refractivity contribution < 1.29 is 46.4 Å². The van der Waals surface area contributed by atoms with Gasteiger partial charge in [0.2, 0.25) is 0 Å². The zero-order valence-electron chi connectivity index (χ0n) is 7.66. The maximum absolute atomic E-state index is 10.7. The molecule has 0 heterocycles. The third-order valence-corrected chi connectivity index (χ3v) is 1.33. The summed E-state index contributed by atoms with van der Waals surface area (Å²) in [5.74, 6) is -3.25. The topological polar surface area (TPSA) is 127 Å². The van der Waals surface area contributed by atoms with Crippen molar-refractivity contribution in [1.82, 2.24) is 0 Å². The minimum Gasteiger partial charge on any atom is -0.480 e. The Labute approximate surface area is 96.1 Å². The summed E-state index contributed by atoms with van der Waals surface area (Å²) < 4.78 is 4.25. The second-order valence-corrected chi connectivity index (χ2v) is 2.54. The van der Waals surface area contributed by atoms with Crippen LogP contribution >= 0.6 is 0 Å². The van der Waals surface area contributed by atoms with Crippen molar-refractivity contribution in [2.75, 3.05) is 6.61 Å². The predicted molar refractivity (Wildman–Crippen MR) is 43.4 cm³/mol. The fraction of sp³-hybridized carbons (Fsp3) is 0.571. The van der Waals surface area contributed by atoms with E-state index in [1.165, 1.54) is 0 Å². The van der Waals surface area contributed by atoms with Gasteiger partial charge in [-0.05, 0) is 6.42 Å². The molecule has 0 saturated heterocycles. The number of esters is 1. The van der Waals surface area contributed by atoms with E-state index in [0.717, 1.165) is 0 Å². The zero-order valence-corrected chi connectivity index (χ0v) is 8.76. The third kappa shape index (κ3) is 9.20. The Morgan fingerprint density at radius 2 is 1.80 bits per heavy atom. The summed E-state index contributed by atoms with van der Waals surface area (Å²) in [5.41, 5.74) is 5.10. The second kappa shape index (κ2) is 8.22. The summed E-state index contributed by atoms with van der Waals surface area (Å²) in [7, 11) is 0. The van der Waals surface area contributed by atoms with Crippen LogP contribution in [0.4, 0.5) is 0 Å². The first-order valence-electron chi connectivity index (χ1n) is 3.79. The number of carboxylic acid groups (broad SMARTS) is 2. The van der Waals surface area contributed by atoms with Gasteiger partial charge in [-0.3, -0.25) is 9.59 Å². The van der Waals surface area contributed by atoms with Crippen LogP contribution in [0, 0.1) is 0 Å². The quantitative estimate of drug-likeness (QED) is 0.405. The average Bonchev–Trinajstić information content (AvgIpc) is 2.10. The van der Waals surface area contributed by atoms with E-state index >= 15 is 0 Å². The van der Waals surface area contributed by atoms with E-state index in [9.17, 15) is 14.4 Å². The average molecular weight is 261 g/mol. The Morgan fingerprint density at radius 3 is 2.20 bits per heavy atom. The van der Waals surface area contributed by atoms with Crippen molar-refractivity contribution in [2.45, 2.75) is 18.9 Å². The maximum Gasteiger partial charge on any atom is 0.341 e. The largest absolute Gasteiger partial charge is 0.480 e. The summed E-state index contributed by atoms with van der Waals surface area (Å²) in [6.07, 6.45) is -0.283. The van der Waals surface area contributed by atoms with Crippen molar-refractivity contribution in [3.05, 3.63) is 0 Å². The van der Waals surface area contributed by atoms with Gasteiger partial charge in [0.1, 0.15) is 6.04 Å². The first kappa shape index (κ1) is 16.3. The summed E-state index contributed by atoms with van der Waals surface area (Å²) >= 11 is 0. The van der Waals surface area contributed by atoms with Gasteiger partial charge in [-0.1, -0.05) is 0 Å². The minimum atomic E-state index is -1.26. The number of rotatable bonds is 6. The Balaban J connectivity index is 0. The van der Waals surface area contributed by atoms with Crippen LogP contribution in [0.2, 0.25) is 0 Å². The second-order valence-electron chi connectivity index (χ2n) is 2.54. The number of hydrogen-bond donors (Lipinski definition) is 3. The number of ether oxygens (including phenoxy) is 1. The van der Waals surface area contributed by atoms with Crippen molar-refractivity contribution >= 4 is 17.9 Å². The van der Waals surface area contributed by atoms with Crippen molar-refractivity contribution in [3.8, 4) is 0 Å². The van der Waals surface area contributed by atoms with Gasteiger partial charge < -0.3 is 20.7 Å². The van der Waals surface area contributed by atoms with Crippen molar-refractivity contribution in [2.24, 2.45) is 5.73 Å². The molecule has 0 aromatic carbocycles. The van der Waals surface area contributed by atoms with Gasteiger partial charge in [0.05, 0.1) is 0 Å². The van der Waals surface area contributed by atoms with Crippen LogP contribution in [-0.2, 0) is 36.2 Å². The third-order valence-electron chi connectivity index (χ3n) is 1.33. The molecular weight excluding hydrogens is 250 g/mol. The first-order valence-corrected chi connectivity index (χ1v) is 3.79. The fourth-order valence-corrected chi connectivity index (χ4v) is 0.611. The standard InChI is InChI=1S/C7H11NO6.Fe/c8-4(7(12)13)1-2-6(11)14-3-5(9)10;/h4H,1-3,8H2,(H,9,10)(H,12,13);/t4-;/m0./s1. The molecule has 0 spiro atoms. The van der Waals surface area contributed by atoms with Crippen LogP contribution in [0.1, 0.15) is 12.8 Å². The molecule has 0 aliphatic heterocycles. The molecule has 0 fully saturated rings. The van der Waals surface area contributed by atoms with E-state index in [0.29, 0.717) is 0 Å². The zero-order chi connectivity index (χ0) is 11.1. The molecule has 0 aromatic heterocycles. The van der Waals surface area contributed by atoms with E-state index in [-0.39, 0.29) is 29.9 Å². The minimum absolute atomic E-state index is 0. The molecule has 15 heavy (non-hydrogen) atoms. The molecular formula is C7H11FeNO6. The predicted octanol–water partition coefficient (Wildman–Crippen LogP) is -1.20. The number of aliphatic carboxylic acids is 2. The van der Waals surface area contributed by atoms with Crippen LogP contribution < -0.4 is 5.73 Å². The van der Waals surface area contributed by atoms with Gasteiger partial charge in [-0.25, -0.2) is 4.79 Å². The van der Waals surface area contributed by atoms with Gasteiger partial charge in [0, 0.05) is 23.5 Å². The molecule has 0 aliphatic carbocycles. The van der Waals surface area contributed by atoms with Crippen LogP contribution in [0.15, 0.2) is 0 Å². The number of carboxylic acids is 2. The van der Waals surface area contributed by atoms with E-state index in [1.54, 1.807) is 0 Å². The Morgan fingerprint density at radius 1 is 1.27 bits per heavy atom. The molecule has 88 valence electrons. The summed E-state index contributed by atoms with van der Waals surface area (Å²) in [6, 6.07) is -1.13. The maximum atomic E-state index is 10.7. The smallest absolute Gasteiger partial charge is 0.341 e. The molecule has 0 aliphatic rings. The van der Waals surface area contributed by atoms with Crippen LogP contribution in [-0.4, -0.2) is 40.8 Å². The normalized spacial score (nSPS) is 11.0. The fourth-order valence-electron chi connectivity index (χ4n) is 0.611. The Bertz CT molecular complexity index is 244. The number of carbonyl (C=O) groups excluding carboxylic acids is 1. The van der Waals surface area contributed by atoms with Gasteiger partial charge in [-0.15, -0.1) is 0 Å². The summed E-state index contributed by atoms with van der Waals surface area (Å²) in [6.45, 7) is -0.721. The SMILES string of the molecule is N[C@@H](CCC(=O)OCC(=O)O)C(=O)O.[Fe]. The first-order chi connectivity index (χ1) is 6.43. The molecule has 0 saturated carbocycles. The molecule has 0 bridgehead atoms. The van der Waals surface area contributed by atoms with E-state index in [2.05, 4.69) is 4.74 Å². The molecule has 8 heteroatoms. The monoisotopic (exact) mass is 261 g/mol. The summed E-state index contributed by atoms with van der Waals surface area (Å²) in [5, 5.41) is 16.5. The van der Waals surface area contributed by atoms with Gasteiger partial charge in [0.15, 0.2) is 6.61 Å². The van der Waals surface area contributed by atoms with Gasteiger partial charge in [0.25, 0.3) is 0 Å². The van der Waals surface area contributed by atoms with Crippen molar-refractivity contribution in [3.63, 3.8) is 0 Å². The van der Waals surface area contributed by atoms with Crippen LogP contribution in [0.3, 0.4) is 0 Å². The van der Waals surface area contributed by atoms with Crippen molar-refractivity contribution in [1.29, 1.82) is 0 Å². The summed E-state index contributed by atoms with van der Waals surface area (Å²) in [4.78, 5) is 30.9. The van der Waals surface area contributed by atoms with Crippen LogP contribution in [0.25, 0.3) is 0 Å². The molecule has 0 aromatic rings. The number of carbonyl (C=O) groups is 3. The van der Waals surface area contributed by atoms with Gasteiger partial charge >= 0.3 is 17.9 Å². The molecule has 1 atom stereocenters. The van der Waals surface area contributed by atoms with Gasteiger partial charge in [-0.2, -0.15) is 0 Å². The Hall–Kier alpha value is -1.11.